The van der Waals surface area contributed by atoms with E-state index in [0.717, 1.165) is 38.5 Å². The second-order valence-electron chi connectivity index (χ2n) is 6.86. The molecule has 0 bridgehead atoms. The first-order valence-corrected chi connectivity index (χ1v) is 9.78. The molecule has 2 aromatic carbocycles. The summed E-state index contributed by atoms with van der Waals surface area (Å²) in [5.41, 5.74) is 2.55. The smallest absolute Gasteiger partial charge is 0.258 e. The molecule has 1 aliphatic heterocycles. The summed E-state index contributed by atoms with van der Waals surface area (Å²) in [5.74, 6) is 0.818. The molecule has 1 fully saturated rings. The number of morpholine rings is 1. The number of guanidine groups is 1. The average Bonchev–Trinajstić information content (AvgIpc) is 2.76. The van der Waals surface area contributed by atoms with Gasteiger partial charge in [-0.15, -0.1) is 0 Å². The van der Waals surface area contributed by atoms with Crippen molar-refractivity contribution in [2.24, 2.45) is 4.99 Å². The largest absolute Gasteiger partial charge is 0.497 e. The molecule has 0 spiro atoms. The zero-order valence-corrected chi connectivity index (χ0v) is 17.0. The van der Waals surface area contributed by atoms with E-state index in [2.05, 4.69) is 20.5 Å². The lowest BCUT2D eigenvalue weighted by atomic mass is 10.2. The van der Waals surface area contributed by atoms with Gasteiger partial charge in [0.2, 0.25) is 5.96 Å². The normalized spacial score (nSPS) is 15.0. The molecule has 0 unspecified atom stereocenters. The zero-order chi connectivity index (χ0) is 20.5. The molecule has 1 saturated heterocycles. The second-order valence-corrected chi connectivity index (χ2v) is 6.86. The fourth-order valence-electron chi connectivity index (χ4n) is 2.96. The Bertz CT molecular complexity index is 830. The van der Waals surface area contributed by atoms with Gasteiger partial charge in [0.15, 0.2) is 0 Å². The molecule has 0 aliphatic carbocycles. The number of carbonyl (C=O) groups is 1. The molecule has 1 aliphatic rings. The summed E-state index contributed by atoms with van der Waals surface area (Å²) in [6, 6.07) is 15.0. The number of rotatable bonds is 6. The molecule has 7 heteroatoms. The van der Waals surface area contributed by atoms with Gasteiger partial charge in [-0.1, -0.05) is 23.8 Å². The van der Waals surface area contributed by atoms with Gasteiger partial charge in [0.05, 0.1) is 26.9 Å². The number of nitrogens with one attached hydrogen (secondary N) is 2. The van der Waals surface area contributed by atoms with E-state index < -0.39 is 0 Å². The number of hydrogen-bond donors (Lipinski definition) is 2. The summed E-state index contributed by atoms with van der Waals surface area (Å²) in [6.07, 6.45) is 0. The number of nitrogens with zero attached hydrogens (tertiary/aromatic N) is 2. The Kier molecular flexibility index (Phi) is 7.61. The van der Waals surface area contributed by atoms with Crippen molar-refractivity contribution in [3.05, 3.63) is 59.7 Å². The van der Waals surface area contributed by atoms with Crippen molar-refractivity contribution in [2.75, 3.05) is 51.8 Å². The zero-order valence-electron chi connectivity index (χ0n) is 17.0. The molecular formula is C22H28N4O3. The van der Waals surface area contributed by atoms with Crippen LogP contribution >= 0.6 is 0 Å². The second kappa shape index (κ2) is 10.6. The number of anilines is 1. The number of aliphatic imine (C=N–C) groups is 1. The average molecular weight is 396 g/mol. The lowest BCUT2D eigenvalue weighted by molar-refractivity contribution is 0.0394. The Balaban J connectivity index is 1.68. The van der Waals surface area contributed by atoms with Crippen LogP contribution in [-0.2, 0) is 4.74 Å². The summed E-state index contributed by atoms with van der Waals surface area (Å²) in [4.78, 5) is 19.6. The topological polar surface area (TPSA) is 75.2 Å². The first kappa shape index (κ1) is 20.8. The maximum absolute atomic E-state index is 12.7. The highest BCUT2D eigenvalue weighted by atomic mass is 16.5. The maximum Gasteiger partial charge on any atom is 0.258 e. The van der Waals surface area contributed by atoms with E-state index in [0.29, 0.717) is 23.8 Å². The van der Waals surface area contributed by atoms with Crippen LogP contribution in [0.25, 0.3) is 0 Å². The van der Waals surface area contributed by atoms with Gasteiger partial charge in [-0.3, -0.25) is 20.0 Å². The summed E-state index contributed by atoms with van der Waals surface area (Å²) in [7, 11) is 1.58. The van der Waals surface area contributed by atoms with Crippen LogP contribution in [0, 0.1) is 6.92 Å². The summed E-state index contributed by atoms with van der Waals surface area (Å²) >= 11 is 0. The van der Waals surface area contributed by atoms with Crippen molar-refractivity contribution in [1.82, 2.24) is 10.2 Å². The predicted octanol–water partition coefficient (Wildman–Crippen LogP) is 2.53. The van der Waals surface area contributed by atoms with Crippen molar-refractivity contribution in [1.29, 1.82) is 0 Å². The molecule has 1 amide bonds. The first-order chi connectivity index (χ1) is 14.1. The summed E-state index contributed by atoms with van der Waals surface area (Å²) in [6.45, 7) is 6.75. The van der Waals surface area contributed by atoms with Crippen LogP contribution in [0.3, 0.4) is 0 Å². The summed E-state index contributed by atoms with van der Waals surface area (Å²) < 4.78 is 10.6. The third-order valence-corrected chi connectivity index (χ3v) is 4.67. The van der Waals surface area contributed by atoms with E-state index in [1.54, 1.807) is 31.4 Å². The standard InChI is InChI=1S/C22H28N4O3/c1-17-6-8-19(9-7-17)24-22(23-10-11-26-12-14-29-15-13-26)25-21(27)18-4-3-5-20(16-18)28-2/h3-9,16H,10-15H2,1-2H3,(H2,23,24,25,27). The number of aryl methyl sites for hydroxylation is 1. The van der Waals surface area contributed by atoms with Crippen LogP contribution in [-0.4, -0.2) is 63.3 Å². The van der Waals surface area contributed by atoms with Gasteiger partial charge in [-0.2, -0.15) is 0 Å². The molecule has 3 rings (SSSR count). The Hall–Kier alpha value is -2.90. The molecule has 2 aromatic rings. The molecule has 0 radical (unpaired) electrons. The number of ether oxygens (including phenoxy) is 2. The fraction of sp³-hybridized carbons (Fsp3) is 0.364. The van der Waals surface area contributed by atoms with Crippen molar-refractivity contribution in [2.45, 2.75) is 6.92 Å². The van der Waals surface area contributed by atoms with Gasteiger partial charge < -0.3 is 14.8 Å². The lowest BCUT2D eigenvalue weighted by Crippen LogP contribution is -2.39. The van der Waals surface area contributed by atoms with Crippen molar-refractivity contribution in [3.8, 4) is 5.75 Å². The highest BCUT2D eigenvalue weighted by Gasteiger charge is 2.12. The Labute approximate surface area is 171 Å². The minimum absolute atomic E-state index is 0.242. The van der Waals surface area contributed by atoms with E-state index in [1.807, 2.05) is 31.2 Å². The van der Waals surface area contributed by atoms with Gasteiger partial charge in [-0.05, 0) is 37.3 Å². The van der Waals surface area contributed by atoms with Crippen LogP contribution in [0.1, 0.15) is 15.9 Å². The van der Waals surface area contributed by atoms with E-state index in [9.17, 15) is 4.79 Å². The number of methoxy groups -OCH3 is 1. The molecule has 0 atom stereocenters. The van der Waals surface area contributed by atoms with Crippen molar-refractivity contribution >= 4 is 17.6 Å². The number of hydrogen-bond acceptors (Lipinski definition) is 5. The molecule has 154 valence electrons. The van der Waals surface area contributed by atoms with Gasteiger partial charge >= 0.3 is 0 Å². The Morgan fingerprint density at radius 2 is 1.93 bits per heavy atom. The van der Waals surface area contributed by atoms with Gasteiger partial charge in [0, 0.05) is 30.9 Å². The van der Waals surface area contributed by atoms with E-state index in [1.165, 1.54) is 5.56 Å². The minimum Gasteiger partial charge on any atom is -0.497 e. The van der Waals surface area contributed by atoms with E-state index in [4.69, 9.17) is 9.47 Å². The lowest BCUT2D eigenvalue weighted by Gasteiger charge is -2.25. The molecule has 29 heavy (non-hydrogen) atoms. The third kappa shape index (κ3) is 6.58. The monoisotopic (exact) mass is 396 g/mol. The highest BCUT2D eigenvalue weighted by Crippen LogP contribution is 2.13. The van der Waals surface area contributed by atoms with E-state index >= 15 is 0 Å². The van der Waals surface area contributed by atoms with Crippen molar-refractivity contribution in [3.63, 3.8) is 0 Å². The van der Waals surface area contributed by atoms with Crippen LogP contribution in [0.4, 0.5) is 5.69 Å². The number of carbonyl (C=O) groups excluding carboxylic acids is 1. The highest BCUT2D eigenvalue weighted by molar-refractivity contribution is 6.10. The quantitative estimate of drug-likeness (QED) is 0.580. The first-order valence-electron chi connectivity index (χ1n) is 9.78. The molecule has 7 nitrogen and oxygen atoms in total. The van der Waals surface area contributed by atoms with Crippen LogP contribution in [0.5, 0.6) is 5.75 Å². The maximum atomic E-state index is 12.7. The molecule has 1 heterocycles. The van der Waals surface area contributed by atoms with Crippen LogP contribution < -0.4 is 15.4 Å². The molecular weight excluding hydrogens is 368 g/mol. The van der Waals surface area contributed by atoms with Gasteiger partial charge in [-0.25, -0.2) is 0 Å². The number of amides is 1. The predicted molar refractivity (Wildman–Crippen MR) is 115 cm³/mol. The minimum atomic E-state index is -0.242. The summed E-state index contributed by atoms with van der Waals surface area (Å²) in [5, 5.41) is 6.10. The number of benzene rings is 2. The Morgan fingerprint density at radius 1 is 1.17 bits per heavy atom. The molecule has 0 aromatic heterocycles. The van der Waals surface area contributed by atoms with Crippen molar-refractivity contribution < 1.29 is 14.3 Å². The van der Waals surface area contributed by atoms with Gasteiger partial charge in [0.25, 0.3) is 5.91 Å². The third-order valence-electron chi connectivity index (χ3n) is 4.67. The molecule has 2 N–H and O–H groups in total. The van der Waals surface area contributed by atoms with Gasteiger partial charge in [0.1, 0.15) is 5.75 Å². The fourth-order valence-corrected chi connectivity index (χ4v) is 2.96. The molecule has 0 saturated carbocycles. The van der Waals surface area contributed by atoms with Crippen LogP contribution in [0.2, 0.25) is 0 Å². The Morgan fingerprint density at radius 3 is 2.66 bits per heavy atom. The SMILES string of the molecule is COc1cccc(C(=O)NC(=NCCN2CCOCC2)Nc2ccc(C)cc2)c1. The van der Waals surface area contributed by atoms with Crippen LogP contribution in [0.15, 0.2) is 53.5 Å². The van der Waals surface area contributed by atoms with E-state index in [-0.39, 0.29) is 5.91 Å².